The van der Waals surface area contributed by atoms with E-state index in [-0.39, 0.29) is 11.4 Å². The van der Waals surface area contributed by atoms with Crippen molar-refractivity contribution in [3.63, 3.8) is 0 Å². The summed E-state index contributed by atoms with van der Waals surface area (Å²) in [7, 11) is 0. The molecule has 2 aromatic rings. The molecular weight excluding hydrogens is 244 g/mol. The third kappa shape index (κ3) is 2.47. The molecule has 0 aliphatic heterocycles. The Labute approximate surface area is 109 Å². The Bertz CT molecular complexity index is 689. The first-order valence-electron chi connectivity index (χ1n) is 5.86. The van der Waals surface area contributed by atoms with Crippen LogP contribution >= 0.6 is 0 Å². The zero-order valence-corrected chi connectivity index (χ0v) is 10.4. The Hall–Kier alpha value is -2.61. The van der Waals surface area contributed by atoms with E-state index in [1.54, 1.807) is 31.2 Å². The molecule has 19 heavy (non-hydrogen) atoms. The maximum absolute atomic E-state index is 11.4. The lowest BCUT2D eigenvalue weighted by atomic mass is 10.1. The van der Waals surface area contributed by atoms with Gasteiger partial charge in [0, 0.05) is 6.54 Å². The van der Waals surface area contributed by atoms with Gasteiger partial charge in [0.2, 0.25) is 0 Å². The molecular formula is C14H12N2O3. The summed E-state index contributed by atoms with van der Waals surface area (Å²) in [5.41, 5.74) is 0.597. The van der Waals surface area contributed by atoms with Crippen molar-refractivity contribution < 1.29 is 4.74 Å². The van der Waals surface area contributed by atoms with Gasteiger partial charge in [-0.2, -0.15) is 5.26 Å². The van der Waals surface area contributed by atoms with Gasteiger partial charge in [0.05, 0.1) is 18.2 Å². The second kappa shape index (κ2) is 5.36. The van der Waals surface area contributed by atoms with Crippen molar-refractivity contribution in [2.45, 2.75) is 13.5 Å². The van der Waals surface area contributed by atoms with Gasteiger partial charge in [-0.15, -0.1) is 0 Å². The van der Waals surface area contributed by atoms with Crippen LogP contribution in [0.1, 0.15) is 18.1 Å². The quantitative estimate of drug-likeness (QED) is 0.812. The minimum Gasteiger partial charge on any atom is -0.488 e. The van der Waals surface area contributed by atoms with Crippen LogP contribution < -0.4 is 20.9 Å². The summed E-state index contributed by atoms with van der Waals surface area (Å²) in [6.07, 6.45) is 0. The van der Waals surface area contributed by atoms with Gasteiger partial charge in [0.1, 0.15) is 5.69 Å². The molecule has 0 atom stereocenters. The average molecular weight is 256 g/mol. The van der Waals surface area contributed by atoms with Crippen molar-refractivity contribution in [3.8, 4) is 11.8 Å². The molecule has 0 saturated carbocycles. The Morgan fingerprint density at radius 2 is 1.89 bits per heavy atom. The first kappa shape index (κ1) is 12.8. The molecule has 1 N–H and O–H groups in total. The molecule has 0 aliphatic carbocycles. The molecule has 0 radical (unpaired) electrons. The summed E-state index contributed by atoms with van der Waals surface area (Å²) < 4.78 is 5.10. The van der Waals surface area contributed by atoms with Crippen molar-refractivity contribution in [1.82, 2.24) is 0 Å². The molecule has 5 nitrogen and oxygen atoms in total. The summed E-state index contributed by atoms with van der Waals surface area (Å²) in [6, 6.07) is 9.00. The van der Waals surface area contributed by atoms with Crippen LogP contribution in [0.15, 0.2) is 33.9 Å². The predicted octanol–water partition coefficient (Wildman–Crippen LogP) is 1.17. The SMILES string of the molecule is CCOc1c(NCc2ccc(C#N)cc2)c(=O)c1=O. The monoisotopic (exact) mass is 256 g/mol. The minimum atomic E-state index is -0.579. The maximum Gasteiger partial charge on any atom is 0.272 e. The van der Waals surface area contributed by atoms with Gasteiger partial charge in [-0.1, -0.05) is 12.1 Å². The topological polar surface area (TPSA) is 79.2 Å². The lowest BCUT2D eigenvalue weighted by molar-refractivity contribution is 0.334. The van der Waals surface area contributed by atoms with E-state index >= 15 is 0 Å². The zero-order chi connectivity index (χ0) is 13.8. The Kier molecular flexibility index (Phi) is 3.62. The van der Waals surface area contributed by atoms with Crippen LogP contribution in [0.4, 0.5) is 5.69 Å². The van der Waals surface area contributed by atoms with Gasteiger partial charge in [0.25, 0.3) is 10.9 Å². The highest BCUT2D eigenvalue weighted by Gasteiger charge is 2.21. The van der Waals surface area contributed by atoms with E-state index in [2.05, 4.69) is 5.32 Å². The van der Waals surface area contributed by atoms with Crippen LogP contribution in [0.25, 0.3) is 0 Å². The maximum atomic E-state index is 11.4. The largest absolute Gasteiger partial charge is 0.488 e. The van der Waals surface area contributed by atoms with Crippen LogP contribution in [-0.2, 0) is 6.54 Å². The molecule has 0 spiro atoms. The van der Waals surface area contributed by atoms with Crippen molar-refractivity contribution in [3.05, 3.63) is 55.8 Å². The number of benzene rings is 1. The molecule has 0 heterocycles. The number of hydrogen-bond donors (Lipinski definition) is 1. The first-order chi connectivity index (χ1) is 9.17. The molecule has 2 aromatic carbocycles. The lowest BCUT2D eigenvalue weighted by Crippen LogP contribution is -2.35. The molecule has 0 fully saturated rings. The van der Waals surface area contributed by atoms with Crippen molar-refractivity contribution in [2.24, 2.45) is 0 Å². The highest BCUT2D eigenvalue weighted by Crippen LogP contribution is 2.18. The Balaban J connectivity index is 2.07. The van der Waals surface area contributed by atoms with E-state index in [0.717, 1.165) is 5.56 Å². The van der Waals surface area contributed by atoms with Gasteiger partial charge >= 0.3 is 0 Å². The summed E-state index contributed by atoms with van der Waals surface area (Å²) in [6.45, 7) is 2.49. The summed E-state index contributed by atoms with van der Waals surface area (Å²) in [4.78, 5) is 22.6. The number of ether oxygens (including phenoxy) is 1. The molecule has 0 bridgehead atoms. The smallest absolute Gasteiger partial charge is 0.272 e. The van der Waals surface area contributed by atoms with Crippen LogP contribution in [0.5, 0.6) is 5.75 Å². The summed E-state index contributed by atoms with van der Waals surface area (Å²) in [5, 5.41) is 11.6. The number of anilines is 1. The molecule has 0 unspecified atom stereocenters. The molecule has 2 rings (SSSR count). The molecule has 96 valence electrons. The normalized spacial score (nSPS) is 10.1. The zero-order valence-electron chi connectivity index (χ0n) is 10.4. The number of nitriles is 1. The standard InChI is InChI=1S/C14H12N2O3/c1-2-19-14-11(12(17)13(14)18)16-8-10-5-3-9(7-15)4-6-10/h3-6,16H,2,8H2,1H3. The van der Waals surface area contributed by atoms with Crippen LogP contribution in [-0.4, -0.2) is 6.61 Å². The minimum absolute atomic E-state index is 0.112. The fourth-order valence-corrected chi connectivity index (χ4v) is 1.70. The second-order valence-electron chi connectivity index (χ2n) is 3.96. The third-order valence-electron chi connectivity index (χ3n) is 2.71. The van der Waals surface area contributed by atoms with Gasteiger partial charge in [-0.3, -0.25) is 9.59 Å². The Morgan fingerprint density at radius 1 is 1.21 bits per heavy atom. The van der Waals surface area contributed by atoms with E-state index in [1.165, 1.54) is 0 Å². The van der Waals surface area contributed by atoms with Crippen molar-refractivity contribution >= 4 is 5.69 Å². The molecule has 0 aromatic heterocycles. The summed E-state index contributed by atoms with van der Waals surface area (Å²) in [5.74, 6) is 0.112. The lowest BCUT2D eigenvalue weighted by Gasteiger charge is -2.13. The number of nitrogens with one attached hydrogen (secondary N) is 1. The van der Waals surface area contributed by atoms with E-state index < -0.39 is 10.9 Å². The van der Waals surface area contributed by atoms with Crippen molar-refractivity contribution in [2.75, 3.05) is 11.9 Å². The van der Waals surface area contributed by atoms with Gasteiger partial charge < -0.3 is 10.1 Å². The molecule has 0 aliphatic rings. The van der Waals surface area contributed by atoms with Gasteiger partial charge in [-0.05, 0) is 24.6 Å². The molecule has 0 saturated heterocycles. The first-order valence-corrected chi connectivity index (χ1v) is 5.86. The number of rotatable bonds is 5. The van der Waals surface area contributed by atoms with E-state index in [0.29, 0.717) is 18.7 Å². The second-order valence-corrected chi connectivity index (χ2v) is 3.96. The molecule has 5 heteroatoms. The highest BCUT2D eigenvalue weighted by molar-refractivity contribution is 5.61. The van der Waals surface area contributed by atoms with E-state index in [9.17, 15) is 9.59 Å². The average Bonchev–Trinajstić information content (AvgIpc) is 2.46. The van der Waals surface area contributed by atoms with E-state index in [1.807, 2.05) is 6.07 Å². The van der Waals surface area contributed by atoms with Crippen LogP contribution in [0, 0.1) is 11.3 Å². The fraction of sp³-hybridized carbons (Fsp3) is 0.214. The number of hydrogen-bond acceptors (Lipinski definition) is 5. The highest BCUT2D eigenvalue weighted by atomic mass is 16.5. The summed E-state index contributed by atoms with van der Waals surface area (Å²) >= 11 is 0. The van der Waals surface area contributed by atoms with Crippen molar-refractivity contribution in [1.29, 1.82) is 5.26 Å². The fourth-order valence-electron chi connectivity index (χ4n) is 1.70. The van der Waals surface area contributed by atoms with Crippen LogP contribution in [0.2, 0.25) is 0 Å². The molecule has 0 amide bonds. The third-order valence-corrected chi connectivity index (χ3v) is 2.71. The van der Waals surface area contributed by atoms with Gasteiger partial charge in [0.15, 0.2) is 5.75 Å². The van der Waals surface area contributed by atoms with E-state index in [4.69, 9.17) is 10.00 Å². The number of nitrogens with zero attached hydrogens (tertiary/aromatic N) is 1. The van der Waals surface area contributed by atoms with Gasteiger partial charge in [-0.25, -0.2) is 0 Å². The van der Waals surface area contributed by atoms with Crippen LogP contribution in [0.3, 0.4) is 0 Å². The Morgan fingerprint density at radius 3 is 2.47 bits per heavy atom. The predicted molar refractivity (Wildman–Crippen MR) is 71.0 cm³/mol.